The van der Waals surface area contributed by atoms with E-state index in [1.165, 1.54) is 0 Å². The van der Waals surface area contributed by atoms with E-state index >= 15 is 0 Å². The van der Waals surface area contributed by atoms with Crippen molar-refractivity contribution in [3.05, 3.63) is 48.5 Å². The van der Waals surface area contributed by atoms with Crippen LogP contribution in [0.15, 0.2) is 53.1 Å². The first-order chi connectivity index (χ1) is 10.3. The SMILES string of the molecule is COc1ccc(-c2nc(-c3cccc(OC)c3)no2)cc1. The summed E-state index contributed by atoms with van der Waals surface area (Å²) >= 11 is 0. The van der Waals surface area contributed by atoms with Crippen LogP contribution in [0.5, 0.6) is 11.5 Å². The Bertz CT molecular complexity index is 735. The summed E-state index contributed by atoms with van der Waals surface area (Å²) in [5, 5.41) is 4.01. The third-order valence-corrected chi connectivity index (χ3v) is 3.09. The highest BCUT2D eigenvalue weighted by atomic mass is 16.5. The minimum atomic E-state index is 0.468. The molecule has 3 aromatic rings. The Kier molecular flexibility index (Phi) is 3.55. The van der Waals surface area contributed by atoms with Crippen LogP contribution < -0.4 is 9.47 Å². The Morgan fingerprint density at radius 2 is 1.62 bits per heavy atom. The molecule has 1 heterocycles. The summed E-state index contributed by atoms with van der Waals surface area (Å²) in [5.74, 6) is 2.53. The van der Waals surface area contributed by atoms with Crippen LogP contribution in [0, 0.1) is 0 Å². The van der Waals surface area contributed by atoms with E-state index in [1.807, 2.05) is 48.5 Å². The van der Waals surface area contributed by atoms with Crippen molar-refractivity contribution in [3.63, 3.8) is 0 Å². The lowest BCUT2D eigenvalue weighted by Gasteiger charge is -2.00. The van der Waals surface area contributed by atoms with E-state index < -0.39 is 0 Å². The summed E-state index contributed by atoms with van der Waals surface area (Å²) in [7, 11) is 3.25. The minimum absolute atomic E-state index is 0.468. The normalized spacial score (nSPS) is 10.4. The van der Waals surface area contributed by atoms with Crippen molar-refractivity contribution < 1.29 is 14.0 Å². The number of nitrogens with zero attached hydrogens (tertiary/aromatic N) is 2. The molecular weight excluding hydrogens is 268 g/mol. The van der Waals surface area contributed by atoms with Crippen molar-refractivity contribution in [2.75, 3.05) is 14.2 Å². The molecule has 0 aliphatic heterocycles. The molecule has 0 spiro atoms. The maximum atomic E-state index is 5.31. The average molecular weight is 282 g/mol. The summed E-state index contributed by atoms with van der Waals surface area (Å²) in [5.41, 5.74) is 1.69. The van der Waals surface area contributed by atoms with E-state index in [2.05, 4.69) is 10.1 Å². The van der Waals surface area contributed by atoms with Crippen molar-refractivity contribution in [2.45, 2.75) is 0 Å². The maximum absolute atomic E-state index is 5.31. The fraction of sp³-hybridized carbons (Fsp3) is 0.125. The topological polar surface area (TPSA) is 57.4 Å². The maximum Gasteiger partial charge on any atom is 0.258 e. The highest BCUT2D eigenvalue weighted by Gasteiger charge is 2.11. The van der Waals surface area contributed by atoms with Crippen molar-refractivity contribution in [2.24, 2.45) is 0 Å². The van der Waals surface area contributed by atoms with E-state index in [0.29, 0.717) is 11.7 Å². The molecule has 0 aliphatic rings. The van der Waals surface area contributed by atoms with Gasteiger partial charge in [-0.3, -0.25) is 0 Å². The molecule has 0 saturated carbocycles. The predicted molar refractivity (Wildman–Crippen MR) is 78.3 cm³/mol. The number of methoxy groups -OCH3 is 2. The Labute approximate surface area is 122 Å². The lowest BCUT2D eigenvalue weighted by Crippen LogP contribution is -1.85. The van der Waals surface area contributed by atoms with Crippen LogP contribution in [0.25, 0.3) is 22.8 Å². The quantitative estimate of drug-likeness (QED) is 0.733. The monoisotopic (exact) mass is 282 g/mol. The highest BCUT2D eigenvalue weighted by Crippen LogP contribution is 2.25. The number of hydrogen-bond donors (Lipinski definition) is 0. The molecule has 0 unspecified atom stereocenters. The van der Waals surface area contributed by atoms with Crippen LogP contribution in [0.4, 0.5) is 0 Å². The largest absolute Gasteiger partial charge is 0.497 e. The zero-order valence-corrected chi connectivity index (χ0v) is 11.7. The second kappa shape index (κ2) is 5.66. The first kappa shape index (κ1) is 13.2. The van der Waals surface area contributed by atoms with E-state index in [0.717, 1.165) is 22.6 Å². The summed E-state index contributed by atoms with van der Waals surface area (Å²) in [6.07, 6.45) is 0. The average Bonchev–Trinajstić information content (AvgIpc) is 3.05. The van der Waals surface area contributed by atoms with Crippen LogP contribution in [0.1, 0.15) is 0 Å². The molecule has 21 heavy (non-hydrogen) atoms. The van der Waals surface area contributed by atoms with Gasteiger partial charge >= 0.3 is 0 Å². The Balaban J connectivity index is 1.91. The summed E-state index contributed by atoms with van der Waals surface area (Å²) in [6, 6.07) is 15.0. The fourth-order valence-corrected chi connectivity index (χ4v) is 1.95. The van der Waals surface area contributed by atoms with Gasteiger partial charge < -0.3 is 14.0 Å². The van der Waals surface area contributed by atoms with Gasteiger partial charge in [0, 0.05) is 11.1 Å². The van der Waals surface area contributed by atoms with Gasteiger partial charge in [0.25, 0.3) is 5.89 Å². The molecule has 1 aromatic heterocycles. The van der Waals surface area contributed by atoms with Crippen LogP contribution in [0.3, 0.4) is 0 Å². The van der Waals surface area contributed by atoms with Crippen LogP contribution >= 0.6 is 0 Å². The second-order valence-electron chi connectivity index (χ2n) is 4.38. The molecule has 0 atom stereocenters. The fourth-order valence-electron chi connectivity index (χ4n) is 1.95. The molecule has 5 nitrogen and oxygen atoms in total. The van der Waals surface area contributed by atoms with E-state index in [-0.39, 0.29) is 0 Å². The van der Waals surface area contributed by atoms with Gasteiger partial charge in [-0.05, 0) is 36.4 Å². The Morgan fingerprint density at radius 1 is 0.857 bits per heavy atom. The van der Waals surface area contributed by atoms with Crippen molar-refractivity contribution >= 4 is 0 Å². The van der Waals surface area contributed by atoms with Gasteiger partial charge in [0.1, 0.15) is 11.5 Å². The number of aromatic nitrogens is 2. The van der Waals surface area contributed by atoms with Gasteiger partial charge in [-0.15, -0.1) is 0 Å². The standard InChI is InChI=1S/C16H14N2O3/c1-19-13-8-6-11(7-9-13)16-17-15(18-21-16)12-4-3-5-14(10-12)20-2/h3-10H,1-2H3. The van der Waals surface area contributed by atoms with Gasteiger partial charge in [0.15, 0.2) is 0 Å². The highest BCUT2D eigenvalue weighted by molar-refractivity contribution is 5.61. The molecule has 0 fully saturated rings. The molecule has 0 saturated heterocycles. The van der Waals surface area contributed by atoms with E-state index in [4.69, 9.17) is 14.0 Å². The Morgan fingerprint density at radius 3 is 2.33 bits per heavy atom. The number of rotatable bonds is 4. The number of ether oxygens (including phenoxy) is 2. The van der Waals surface area contributed by atoms with Crippen LogP contribution in [0.2, 0.25) is 0 Å². The summed E-state index contributed by atoms with van der Waals surface area (Å²) < 4.78 is 15.6. The molecule has 0 N–H and O–H groups in total. The second-order valence-corrected chi connectivity index (χ2v) is 4.38. The van der Waals surface area contributed by atoms with E-state index in [1.54, 1.807) is 14.2 Å². The molecule has 5 heteroatoms. The Hall–Kier alpha value is -2.82. The third kappa shape index (κ3) is 2.72. The molecule has 0 radical (unpaired) electrons. The molecule has 0 bridgehead atoms. The van der Waals surface area contributed by atoms with Gasteiger partial charge in [-0.25, -0.2) is 0 Å². The number of hydrogen-bond acceptors (Lipinski definition) is 5. The molecule has 3 rings (SSSR count). The smallest absolute Gasteiger partial charge is 0.258 e. The first-order valence-corrected chi connectivity index (χ1v) is 6.42. The molecule has 0 aliphatic carbocycles. The van der Waals surface area contributed by atoms with Crippen LogP contribution in [-0.2, 0) is 0 Å². The lowest BCUT2D eigenvalue weighted by atomic mass is 10.2. The predicted octanol–water partition coefficient (Wildman–Crippen LogP) is 3.42. The van der Waals surface area contributed by atoms with Gasteiger partial charge in [-0.1, -0.05) is 17.3 Å². The van der Waals surface area contributed by atoms with Gasteiger partial charge in [0.05, 0.1) is 14.2 Å². The van der Waals surface area contributed by atoms with Crippen molar-refractivity contribution in [1.82, 2.24) is 10.1 Å². The van der Waals surface area contributed by atoms with Gasteiger partial charge in [-0.2, -0.15) is 4.98 Å². The molecular formula is C16H14N2O3. The van der Waals surface area contributed by atoms with Crippen molar-refractivity contribution in [3.8, 4) is 34.3 Å². The molecule has 0 amide bonds. The zero-order valence-electron chi connectivity index (χ0n) is 11.7. The van der Waals surface area contributed by atoms with Gasteiger partial charge in [0.2, 0.25) is 5.82 Å². The molecule has 2 aromatic carbocycles. The minimum Gasteiger partial charge on any atom is -0.497 e. The summed E-state index contributed by atoms with van der Waals surface area (Å²) in [4.78, 5) is 4.41. The van der Waals surface area contributed by atoms with Crippen LogP contribution in [-0.4, -0.2) is 24.4 Å². The van der Waals surface area contributed by atoms with E-state index in [9.17, 15) is 0 Å². The zero-order chi connectivity index (χ0) is 14.7. The third-order valence-electron chi connectivity index (χ3n) is 3.09. The lowest BCUT2D eigenvalue weighted by molar-refractivity contribution is 0.414. The van der Waals surface area contributed by atoms with Crippen molar-refractivity contribution in [1.29, 1.82) is 0 Å². The molecule has 106 valence electrons. The number of benzene rings is 2. The summed E-state index contributed by atoms with van der Waals surface area (Å²) in [6.45, 7) is 0. The first-order valence-electron chi connectivity index (χ1n) is 6.42.